The number of ether oxygens (including phenoxy) is 1. The summed E-state index contributed by atoms with van der Waals surface area (Å²) in [7, 11) is 0. The van der Waals surface area contributed by atoms with Gasteiger partial charge < -0.3 is 14.5 Å². The van der Waals surface area contributed by atoms with Gasteiger partial charge in [-0.1, -0.05) is 25.9 Å². The highest BCUT2D eigenvalue weighted by atomic mass is 32.1. The number of nitrogens with one attached hydrogen (secondary N) is 1. The van der Waals surface area contributed by atoms with E-state index in [1.54, 1.807) is 11.3 Å². The second-order valence-electron chi connectivity index (χ2n) is 6.17. The number of thiazole rings is 1. The molecule has 1 unspecified atom stereocenters. The molecule has 1 aliphatic heterocycles. The van der Waals surface area contributed by atoms with E-state index in [-0.39, 0.29) is 11.5 Å². The zero-order valence-electron chi connectivity index (χ0n) is 12.5. The summed E-state index contributed by atoms with van der Waals surface area (Å²) in [5, 5.41) is 12.2. The zero-order chi connectivity index (χ0) is 14.9. The molecule has 114 valence electrons. The molecule has 2 aromatic rings. The van der Waals surface area contributed by atoms with Gasteiger partial charge in [-0.25, -0.2) is 4.98 Å². The Kier molecular flexibility index (Phi) is 3.95. The molecule has 6 nitrogen and oxygen atoms in total. The quantitative estimate of drug-likeness (QED) is 0.934. The summed E-state index contributed by atoms with van der Waals surface area (Å²) >= 11 is 1.70. The number of rotatable bonds is 4. The first-order valence-electron chi connectivity index (χ1n) is 7.16. The standard InChI is InChI=1S/C14H20N4O2S/c1-14(2,3)10-7-15-11(21-10)8-16-13-18-17-12(20-13)9-5-4-6-19-9/h7,9H,4-6,8H2,1-3H3,(H,16,18). The van der Waals surface area contributed by atoms with Crippen molar-refractivity contribution in [1.82, 2.24) is 15.2 Å². The van der Waals surface area contributed by atoms with Crippen molar-refractivity contribution >= 4 is 17.4 Å². The predicted octanol–water partition coefficient (Wildman–Crippen LogP) is 3.29. The Bertz CT molecular complexity index is 596. The topological polar surface area (TPSA) is 73.1 Å². The van der Waals surface area contributed by atoms with Gasteiger partial charge in [0.2, 0.25) is 5.89 Å². The third kappa shape index (κ3) is 3.41. The van der Waals surface area contributed by atoms with Gasteiger partial charge in [0, 0.05) is 17.7 Å². The SMILES string of the molecule is CC(C)(C)c1cnc(CNc2nnc(C3CCCO3)o2)s1. The lowest BCUT2D eigenvalue weighted by Crippen LogP contribution is -2.07. The van der Waals surface area contributed by atoms with Crippen LogP contribution in [-0.2, 0) is 16.7 Å². The summed E-state index contributed by atoms with van der Waals surface area (Å²) in [6.45, 7) is 7.91. The minimum Gasteiger partial charge on any atom is -0.405 e. The normalized spacial score (nSPS) is 19.1. The number of hydrogen-bond acceptors (Lipinski definition) is 7. The molecule has 1 saturated heterocycles. The Balaban J connectivity index is 1.59. The molecule has 2 aromatic heterocycles. The Morgan fingerprint density at radius 3 is 2.90 bits per heavy atom. The van der Waals surface area contributed by atoms with Gasteiger partial charge in [0.15, 0.2) is 0 Å². The molecule has 0 aliphatic carbocycles. The van der Waals surface area contributed by atoms with Crippen molar-refractivity contribution in [2.75, 3.05) is 11.9 Å². The lowest BCUT2D eigenvalue weighted by Gasteiger charge is -2.14. The summed E-state index contributed by atoms with van der Waals surface area (Å²) in [6.07, 6.45) is 3.89. The molecule has 1 fully saturated rings. The van der Waals surface area contributed by atoms with Crippen molar-refractivity contribution in [2.45, 2.75) is 51.7 Å². The molecule has 0 saturated carbocycles. The summed E-state index contributed by atoms with van der Waals surface area (Å²) in [6, 6.07) is 0.424. The van der Waals surface area contributed by atoms with Crippen molar-refractivity contribution in [2.24, 2.45) is 0 Å². The Morgan fingerprint density at radius 2 is 2.24 bits per heavy atom. The van der Waals surface area contributed by atoms with Crippen LogP contribution in [0.25, 0.3) is 0 Å². The van der Waals surface area contributed by atoms with E-state index >= 15 is 0 Å². The molecule has 0 amide bonds. The van der Waals surface area contributed by atoms with Crippen LogP contribution < -0.4 is 5.32 Å². The smallest absolute Gasteiger partial charge is 0.315 e. The van der Waals surface area contributed by atoms with Crippen LogP contribution in [0.5, 0.6) is 0 Å². The van der Waals surface area contributed by atoms with E-state index in [4.69, 9.17) is 9.15 Å². The van der Waals surface area contributed by atoms with Crippen molar-refractivity contribution in [3.8, 4) is 0 Å². The van der Waals surface area contributed by atoms with Gasteiger partial charge >= 0.3 is 6.01 Å². The van der Waals surface area contributed by atoms with Gasteiger partial charge in [0.05, 0.1) is 6.54 Å². The molecule has 21 heavy (non-hydrogen) atoms. The fourth-order valence-electron chi connectivity index (χ4n) is 2.10. The van der Waals surface area contributed by atoms with Crippen LogP contribution in [0, 0.1) is 0 Å². The third-order valence-corrected chi connectivity index (χ3v) is 4.75. The molecule has 0 radical (unpaired) electrons. The van der Waals surface area contributed by atoms with Gasteiger partial charge in [-0.3, -0.25) is 0 Å². The molecule has 1 atom stereocenters. The molecule has 0 bridgehead atoms. The second-order valence-corrected chi connectivity index (χ2v) is 7.28. The molecule has 3 heterocycles. The van der Waals surface area contributed by atoms with Crippen LogP contribution in [0.15, 0.2) is 10.6 Å². The first kappa shape index (κ1) is 14.5. The average Bonchev–Trinajstić information content (AvgIpc) is 3.16. The van der Waals surface area contributed by atoms with Crippen LogP contribution in [0.3, 0.4) is 0 Å². The molecular weight excluding hydrogens is 288 g/mol. The highest BCUT2D eigenvalue weighted by molar-refractivity contribution is 7.11. The van der Waals surface area contributed by atoms with Crippen molar-refractivity contribution in [1.29, 1.82) is 0 Å². The fraction of sp³-hybridized carbons (Fsp3) is 0.643. The van der Waals surface area contributed by atoms with Crippen LogP contribution in [0.1, 0.15) is 55.5 Å². The average molecular weight is 308 g/mol. The van der Waals surface area contributed by atoms with Gasteiger partial charge in [-0.05, 0) is 18.3 Å². The monoisotopic (exact) mass is 308 g/mol. The van der Waals surface area contributed by atoms with Gasteiger partial charge in [-0.2, -0.15) is 0 Å². The first-order chi connectivity index (χ1) is 10.0. The lowest BCUT2D eigenvalue weighted by atomic mass is 9.96. The van der Waals surface area contributed by atoms with Crippen LogP contribution >= 0.6 is 11.3 Å². The number of nitrogens with zero attached hydrogens (tertiary/aromatic N) is 3. The third-order valence-electron chi connectivity index (χ3n) is 3.33. The van der Waals surface area contributed by atoms with E-state index in [2.05, 4.69) is 41.3 Å². The largest absolute Gasteiger partial charge is 0.405 e. The highest BCUT2D eigenvalue weighted by Crippen LogP contribution is 2.29. The van der Waals surface area contributed by atoms with Crippen LogP contribution in [0.4, 0.5) is 6.01 Å². The fourth-order valence-corrected chi connectivity index (χ4v) is 3.01. The van der Waals surface area contributed by atoms with E-state index in [1.165, 1.54) is 4.88 Å². The Morgan fingerprint density at radius 1 is 1.38 bits per heavy atom. The minimum atomic E-state index is -0.0413. The van der Waals surface area contributed by atoms with Gasteiger partial charge in [0.1, 0.15) is 11.1 Å². The van der Waals surface area contributed by atoms with Gasteiger partial charge in [0.25, 0.3) is 0 Å². The maximum absolute atomic E-state index is 5.58. The van der Waals surface area contributed by atoms with Crippen LogP contribution in [-0.4, -0.2) is 21.8 Å². The van der Waals surface area contributed by atoms with Crippen molar-refractivity contribution < 1.29 is 9.15 Å². The summed E-state index contributed by atoms with van der Waals surface area (Å²) in [5.74, 6) is 0.560. The van der Waals surface area contributed by atoms with E-state index in [0.29, 0.717) is 18.5 Å². The van der Waals surface area contributed by atoms with E-state index in [0.717, 1.165) is 24.5 Å². The number of aromatic nitrogens is 3. The summed E-state index contributed by atoms with van der Waals surface area (Å²) < 4.78 is 11.1. The maximum atomic E-state index is 5.58. The minimum absolute atomic E-state index is 0.0413. The van der Waals surface area contributed by atoms with Gasteiger partial charge in [-0.15, -0.1) is 16.4 Å². The molecular formula is C14H20N4O2S. The molecule has 1 aliphatic rings. The van der Waals surface area contributed by atoms with E-state index in [9.17, 15) is 0 Å². The number of anilines is 1. The molecule has 1 N–H and O–H groups in total. The Labute approximate surface area is 127 Å². The predicted molar refractivity (Wildman–Crippen MR) is 80.4 cm³/mol. The summed E-state index contributed by atoms with van der Waals surface area (Å²) in [5.41, 5.74) is 0.132. The van der Waals surface area contributed by atoms with Crippen LogP contribution in [0.2, 0.25) is 0 Å². The maximum Gasteiger partial charge on any atom is 0.315 e. The van der Waals surface area contributed by atoms with E-state index < -0.39 is 0 Å². The van der Waals surface area contributed by atoms with Crippen molar-refractivity contribution in [3.63, 3.8) is 0 Å². The molecule has 3 rings (SSSR count). The molecule has 0 aromatic carbocycles. The highest BCUT2D eigenvalue weighted by Gasteiger charge is 2.23. The Hall–Kier alpha value is -1.47. The van der Waals surface area contributed by atoms with E-state index in [1.807, 2.05) is 6.20 Å². The molecule has 0 spiro atoms. The lowest BCUT2D eigenvalue weighted by molar-refractivity contribution is 0.0897. The number of hydrogen-bond donors (Lipinski definition) is 1. The summed E-state index contributed by atoms with van der Waals surface area (Å²) in [4.78, 5) is 5.69. The zero-order valence-corrected chi connectivity index (χ0v) is 13.4. The van der Waals surface area contributed by atoms with Crippen molar-refractivity contribution in [3.05, 3.63) is 22.0 Å². The second kappa shape index (κ2) is 5.73. The molecule has 7 heteroatoms. The first-order valence-corrected chi connectivity index (χ1v) is 7.98.